The maximum absolute atomic E-state index is 11.0. The van der Waals surface area contributed by atoms with Gasteiger partial charge in [0.15, 0.2) is 6.29 Å². The van der Waals surface area contributed by atoms with Gasteiger partial charge >= 0.3 is 0 Å². The third-order valence-corrected chi connectivity index (χ3v) is 3.03. The van der Waals surface area contributed by atoms with Crippen LogP contribution in [0.15, 0.2) is 23.0 Å². The van der Waals surface area contributed by atoms with Crippen LogP contribution in [0, 0.1) is 0 Å². The van der Waals surface area contributed by atoms with Crippen LogP contribution in [0.3, 0.4) is 0 Å². The predicted octanol–water partition coefficient (Wildman–Crippen LogP) is 3.18. The van der Waals surface area contributed by atoms with Gasteiger partial charge in [0.2, 0.25) is 0 Å². The van der Waals surface area contributed by atoms with Crippen molar-refractivity contribution in [2.45, 2.75) is 26.3 Å². The fourth-order valence-electron chi connectivity index (χ4n) is 1.44. The highest BCUT2D eigenvalue weighted by atomic mass is 32.1. The van der Waals surface area contributed by atoms with Gasteiger partial charge in [0.25, 0.3) is 0 Å². The molecule has 16 heavy (non-hydrogen) atoms. The molecule has 0 aromatic carbocycles. The second-order valence-electron chi connectivity index (χ2n) is 4.68. The van der Waals surface area contributed by atoms with E-state index in [9.17, 15) is 4.79 Å². The Bertz CT molecular complexity index is 492. The zero-order valence-electron chi connectivity index (χ0n) is 9.60. The Balaban J connectivity index is 2.54. The fourth-order valence-corrected chi connectivity index (χ4v) is 2.08. The van der Waals surface area contributed by atoms with E-state index in [-0.39, 0.29) is 5.54 Å². The van der Waals surface area contributed by atoms with Gasteiger partial charge in [0.1, 0.15) is 5.69 Å². The Morgan fingerprint density at radius 1 is 1.44 bits per heavy atom. The quantitative estimate of drug-likeness (QED) is 0.748. The van der Waals surface area contributed by atoms with Crippen LogP contribution in [0.2, 0.25) is 0 Å². The number of carbonyl (C=O) groups is 1. The molecular formula is C12H14N2OS. The van der Waals surface area contributed by atoms with Gasteiger partial charge in [-0.2, -0.15) is 16.4 Å². The molecule has 0 radical (unpaired) electrons. The molecular weight excluding hydrogens is 220 g/mol. The Morgan fingerprint density at radius 2 is 2.19 bits per heavy atom. The topological polar surface area (TPSA) is 34.9 Å². The number of carbonyl (C=O) groups excluding carboxylic acids is 1. The minimum absolute atomic E-state index is 0.105. The van der Waals surface area contributed by atoms with E-state index in [0.717, 1.165) is 17.5 Å². The number of hydrogen-bond acceptors (Lipinski definition) is 3. The first-order valence-corrected chi connectivity index (χ1v) is 6.04. The van der Waals surface area contributed by atoms with Gasteiger partial charge in [0.05, 0.1) is 11.1 Å². The molecule has 2 rings (SSSR count). The van der Waals surface area contributed by atoms with E-state index in [4.69, 9.17) is 0 Å². The molecule has 2 aromatic rings. The minimum atomic E-state index is -0.105. The van der Waals surface area contributed by atoms with Gasteiger partial charge in [-0.05, 0) is 32.2 Å². The van der Waals surface area contributed by atoms with Crippen LogP contribution >= 0.6 is 11.3 Å². The van der Waals surface area contributed by atoms with E-state index in [0.29, 0.717) is 5.56 Å². The standard InChI is InChI=1S/C12H14N2OS/c1-12(2,3)14-6-10(7-15)11(13-14)9-4-5-16-8-9/h4-8H,1-3H3. The summed E-state index contributed by atoms with van der Waals surface area (Å²) in [5.41, 5.74) is 2.32. The average Bonchev–Trinajstić information content (AvgIpc) is 2.85. The van der Waals surface area contributed by atoms with Crippen molar-refractivity contribution in [2.75, 3.05) is 0 Å². The Hall–Kier alpha value is -1.42. The molecule has 4 heteroatoms. The zero-order chi connectivity index (χ0) is 11.8. The van der Waals surface area contributed by atoms with Crippen LogP contribution in [-0.2, 0) is 5.54 Å². The molecule has 0 aliphatic rings. The summed E-state index contributed by atoms with van der Waals surface area (Å²) in [6.45, 7) is 6.18. The average molecular weight is 234 g/mol. The largest absolute Gasteiger partial charge is 0.298 e. The number of hydrogen-bond donors (Lipinski definition) is 0. The molecule has 84 valence electrons. The number of nitrogens with zero attached hydrogens (tertiary/aromatic N) is 2. The van der Waals surface area contributed by atoms with Crippen molar-refractivity contribution in [3.8, 4) is 11.3 Å². The van der Waals surface area contributed by atoms with Crippen LogP contribution in [-0.4, -0.2) is 16.1 Å². The van der Waals surface area contributed by atoms with Crippen LogP contribution < -0.4 is 0 Å². The molecule has 0 unspecified atom stereocenters. The van der Waals surface area contributed by atoms with Gasteiger partial charge in [-0.3, -0.25) is 9.48 Å². The van der Waals surface area contributed by atoms with Crippen molar-refractivity contribution in [3.05, 3.63) is 28.6 Å². The number of aromatic nitrogens is 2. The highest BCUT2D eigenvalue weighted by Crippen LogP contribution is 2.25. The lowest BCUT2D eigenvalue weighted by molar-refractivity contribution is 0.112. The summed E-state index contributed by atoms with van der Waals surface area (Å²) in [7, 11) is 0. The fraction of sp³-hybridized carbons (Fsp3) is 0.333. The molecule has 0 aliphatic heterocycles. The highest BCUT2D eigenvalue weighted by Gasteiger charge is 2.18. The summed E-state index contributed by atoms with van der Waals surface area (Å²) in [6.07, 6.45) is 2.67. The lowest BCUT2D eigenvalue weighted by Gasteiger charge is -2.18. The molecule has 0 bridgehead atoms. The van der Waals surface area contributed by atoms with E-state index < -0.39 is 0 Å². The van der Waals surface area contributed by atoms with Gasteiger partial charge < -0.3 is 0 Å². The summed E-state index contributed by atoms with van der Waals surface area (Å²) < 4.78 is 1.84. The van der Waals surface area contributed by atoms with Crippen molar-refractivity contribution in [1.82, 2.24) is 9.78 Å². The summed E-state index contributed by atoms with van der Waals surface area (Å²) >= 11 is 1.61. The van der Waals surface area contributed by atoms with Crippen molar-refractivity contribution in [3.63, 3.8) is 0 Å². The molecule has 0 amide bonds. The molecule has 0 atom stereocenters. The van der Waals surface area contributed by atoms with Crippen LogP contribution in [0.25, 0.3) is 11.3 Å². The van der Waals surface area contributed by atoms with E-state index in [1.807, 2.05) is 21.5 Å². The molecule has 3 nitrogen and oxygen atoms in total. The lowest BCUT2D eigenvalue weighted by atomic mass is 10.1. The third-order valence-electron chi connectivity index (χ3n) is 2.35. The number of thiophene rings is 1. The Labute approximate surface area is 98.7 Å². The first kappa shape index (κ1) is 11.1. The van der Waals surface area contributed by atoms with Crippen LogP contribution in [0.5, 0.6) is 0 Å². The van der Waals surface area contributed by atoms with E-state index >= 15 is 0 Å². The van der Waals surface area contributed by atoms with Gasteiger partial charge in [-0.25, -0.2) is 0 Å². The molecule has 0 aliphatic carbocycles. The monoisotopic (exact) mass is 234 g/mol. The van der Waals surface area contributed by atoms with Crippen molar-refractivity contribution in [2.24, 2.45) is 0 Å². The molecule has 0 saturated heterocycles. The van der Waals surface area contributed by atoms with Crippen LogP contribution in [0.4, 0.5) is 0 Å². The maximum Gasteiger partial charge on any atom is 0.153 e. The predicted molar refractivity (Wildman–Crippen MR) is 65.9 cm³/mol. The van der Waals surface area contributed by atoms with Crippen molar-refractivity contribution in [1.29, 1.82) is 0 Å². The normalized spacial score (nSPS) is 11.7. The maximum atomic E-state index is 11.0. The molecule has 0 fully saturated rings. The van der Waals surface area contributed by atoms with E-state index in [1.165, 1.54) is 0 Å². The van der Waals surface area contributed by atoms with Gasteiger partial charge in [-0.15, -0.1) is 0 Å². The molecule has 0 saturated carbocycles. The van der Waals surface area contributed by atoms with Crippen molar-refractivity contribution >= 4 is 17.6 Å². The van der Waals surface area contributed by atoms with Crippen LogP contribution in [0.1, 0.15) is 31.1 Å². The third kappa shape index (κ3) is 1.93. The molecule has 2 aromatic heterocycles. The second kappa shape index (κ2) is 3.87. The second-order valence-corrected chi connectivity index (χ2v) is 5.46. The van der Waals surface area contributed by atoms with Gasteiger partial charge in [-0.1, -0.05) is 0 Å². The molecule has 0 N–H and O–H groups in total. The van der Waals surface area contributed by atoms with Gasteiger partial charge in [0, 0.05) is 17.1 Å². The van der Waals surface area contributed by atoms with E-state index in [1.54, 1.807) is 17.5 Å². The summed E-state index contributed by atoms with van der Waals surface area (Å²) in [6, 6.07) is 1.98. The number of rotatable bonds is 2. The summed E-state index contributed by atoms with van der Waals surface area (Å²) in [5, 5.41) is 8.48. The van der Waals surface area contributed by atoms with E-state index in [2.05, 4.69) is 25.9 Å². The Morgan fingerprint density at radius 3 is 2.69 bits per heavy atom. The lowest BCUT2D eigenvalue weighted by Crippen LogP contribution is -2.22. The van der Waals surface area contributed by atoms with Crippen molar-refractivity contribution < 1.29 is 4.79 Å². The molecule has 0 spiro atoms. The SMILES string of the molecule is CC(C)(C)n1cc(C=O)c(-c2ccsc2)n1. The molecule has 2 heterocycles. The number of aldehydes is 1. The zero-order valence-corrected chi connectivity index (χ0v) is 10.4. The Kier molecular flexibility index (Phi) is 2.68. The first-order chi connectivity index (χ1) is 7.52. The smallest absolute Gasteiger partial charge is 0.153 e. The highest BCUT2D eigenvalue weighted by molar-refractivity contribution is 7.08. The summed E-state index contributed by atoms with van der Waals surface area (Å²) in [4.78, 5) is 11.0. The summed E-state index contributed by atoms with van der Waals surface area (Å²) in [5.74, 6) is 0. The first-order valence-electron chi connectivity index (χ1n) is 5.10. The minimum Gasteiger partial charge on any atom is -0.298 e.